The molecular weight excluding hydrogens is 300 g/mol. The normalized spacial score (nSPS) is 11.7. The first-order valence-electron chi connectivity index (χ1n) is 7.93. The summed E-state index contributed by atoms with van der Waals surface area (Å²) in [7, 11) is 0. The molecule has 5 nitrogen and oxygen atoms in total. The van der Waals surface area contributed by atoms with E-state index in [4.69, 9.17) is 0 Å². The molecule has 2 N–H and O–H groups in total. The van der Waals surface area contributed by atoms with E-state index >= 15 is 0 Å². The fourth-order valence-corrected chi connectivity index (χ4v) is 2.50. The van der Waals surface area contributed by atoms with E-state index < -0.39 is 0 Å². The Morgan fingerprint density at radius 3 is 2.58 bits per heavy atom. The minimum atomic E-state index is -0.225. The first-order valence-corrected chi connectivity index (χ1v) is 7.93. The molecule has 1 aromatic heterocycles. The van der Waals surface area contributed by atoms with Crippen molar-refractivity contribution in [2.45, 2.75) is 12.8 Å². The van der Waals surface area contributed by atoms with Crippen molar-refractivity contribution in [1.29, 1.82) is 0 Å². The van der Waals surface area contributed by atoms with Crippen molar-refractivity contribution in [3.63, 3.8) is 0 Å². The van der Waals surface area contributed by atoms with Crippen LogP contribution in [0.5, 0.6) is 0 Å². The van der Waals surface area contributed by atoms with Crippen LogP contribution >= 0.6 is 0 Å². The number of rotatable bonds is 5. The van der Waals surface area contributed by atoms with Gasteiger partial charge in [-0.2, -0.15) is 5.10 Å². The SMILES string of the molecule is CC(CNC(=O)Nc1ccccc1-n1cccn1)c1ccccc1. The lowest BCUT2D eigenvalue weighted by molar-refractivity contribution is 0.251. The second-order valence-corrected chi connectivity index (χ2v) is 5.61. The van der Waals surface area contributed by atoms with E-state index in [0.29, 0.717) is 12.2 Å². The van der Waals surface area contributed by atoms with Crippen LogP contribution in [0.25, 0.3) is 5.69 Å². The number of hydrogen-bond donors (Lipinski definition) is 2. The monoisotopic (exact) mass is 320 g/mol. The van der Waals surface area contributed by atoms with Gasteiger partial charge in [-0.25, -0.2) is 9.48 Å². The van der Waals surface area contributed by atoms with Gasteiger partial charge in [0, 0.05) is 18.9 Å². The lowest BCUT2D eigenvalue weighted by atomic mass is 10.0. The van der Waals surface area contributed by atoms with Gasteiger partial charge in [0.05, 0.1) is 11.4 Å². The molecule has 122 valence electrons. The molecule has 2 aromatic carbocycles. The highest BCUT2D eigenvalue weighted by atomic mass is 16.2. The number of nitrogens with zero attached hydrogens (tertiary/aromatic N) is 2. The van der Waals surface area contributed by atoms with Gasteiger partial charge in [-0.3, -0.25) is 0 Å². The fraction of sp³-hybridized carbons (Fsp3) is 0.158. The van der Waals surface area contributed by atoms with Crippen LogP contribution in [0.4, 0.5) is 10.5 Å². The molecule has 3 aromatic rings. The molecule has 3 rings (SSSR count). The van der Waals surface area contributed by atoms with E-state index in [1.807, 2.05) is 54.7 Å². The number of nitrogens with one attached hydrogen (secondary N) is 2. The van der Waals surface area contributed by atoms with Crippen LogP contribution in [0.3, 0.4) is 0 Å². The number of anilines is 1. The highest BCUT2D eigenvalue weighted by Crippen LogP contribution is 2.19. The Morgan fingerprint density at radius 1 is 1.08 bits per heavy atom. The van der Waals surface area contributed by atoms with Gasteiger partial charge in [0.25, 0.3) is 0 Å². The second kappa shape index (κ2) is 7.46. The molecular formula is C19H20N4O. The number of carbonyl (C=O) groups is 1. The van der Waals surface area contributed by atoms with Gasteiger partial charge in [0.2, 0.25) is 0 Å². The van der Waals surface area contributed by atoms with Crippen LogP contribution in [-0.2, 0) is 0 Å². The van der Waals surface area contributed by atoms with E-state index in [0.717, 1.165) is 5.69 Å². The van der Waals surface area contributed by atoms with Crippen molar-refractivity contribution in [3.8, 4) is 5.69 Å². The van der Waals surface area contributed by atoms with Gasteiger partial charge < -0.3 is 10.6 Å². The van der Waals surface area contributed by atoms with Gasteiger partial charge in [-0.05, 0) is 29.7 Å². The van der Waals surface area contributed by atoms with E-state index in [2.05, 4.69) is 34.8 Å². The summed E-state index contributed by atoms with van der Waals surface area (Å²) in [5, 5.41) is 10.0. The van der Waals surface area contributed by atoms with Crippen LogP contribution < -0.4 is 10.6 Å². The maximum Gasteiger partial charge on any atom is 0.319 e. The average molecular weight is 320 g/mol. The van der Waals surface area contributed by atoms with Crippen molar-refractivity contribution in [2.75, 3.05) is 11.9 Å². The predicted octanol–water partition coefficient (Wildman–Crippen LogP) is 3.80. The number of aromatic nitrogens is 2. The third kappa shape index (κ3) is 3.81. The first-order chi connectivity index (χ1) is 11.7. The number of amides is 2. The van der Waals surface area contributed by atoms with Crippen LogP contribution in [0, 0.1) is 0 Å². The van der Waals surface area contributed by atoms with Crippen LogP contribution in [-0.4, -0.2) is 22.4 Å². The van der Waals surface area contributed by atoms with Gasteiger partial charge in [0.1, 0.15) is 0 Å². The Morgan fingerprint density at radius 2 is 1.83 bits per heavy atom. The van der Waals surface area contributed by atoms with Gasteiger partial charge in [0.15, 0.2) is 0 Å². The van der Waals surface area contributed by atoms with Crippen molar-refractivity contribution < 1.29 is 4.79 Å². The summed E-state index contributed by atoms with van der Waals surface area (Å²) in [4.78, 5) is 12.2. The average Bonchev–Trinajstić information content (AvgIpc) is 3.15. The molecule has 1 unspecified atom stereocenters. The predicted molar refractivity (Wildman–Crippen MR) is 95.4 cm³/mol. The Kier molecular flexibility index (Phi) is 4.91. The minimum Gasteiger partial charge on any atom is -0.337 e. The van der Waals surface area contributed by atoms with E-state index in [9.17, 15) is 4.79 Å². The maximum atomic E-state index is 12.2. The molecule has 0 spiro atoms. The van der Waals surface area contributed by atoms with Gasteiger partial charge >= 0.3 is 6.03 Å². The quantitative estimate of drug-likeness (QED) is 0.751. The first kappa shape index (κ1) is 15.8. The molecule has 0 fully saturated rings. The van der Waals surface area contributed by atoms with E-state index in [-0.39, 0.29) is 11.9 Å². The molecule has 0 saturated carbocycles. The maximum absolute atomic E-state index is 12.2. The zero-order valence-corrected chi connectivity index (χ0v) is 13.5. The number of urea groups is 1. The smallest absolute Gasteiger partial charge is 0.319 e. The van der Waals surface area contributed by atoms with E-state index in [1.165, 1.54) is 5.56 Å². The summed E-state index contributed by atoms with van der Waals surface area (Å²) in [6, 6.07) is 19.3. The molecule has 0 aliphatic heterocycles. The Bertz CT molecular complexity index is 784. The van der Waals surface area contributed by atoms with Crippen molar-refractivity contribution in [3.05, 3.63) is 78.6 Å². The second-order valence-electron chi connectivity index (χ2n) is 5.61. The molecule has 1 atom stereocenters. The van der Waals surface area contributed by atoms with Gasteiger partial charge in [-0.1, -0.05) is 49.4 Å². The molecule has 1 heterocycles. The summed E-state index contributed by atoms with van der Waals surface area (Å²) in [6.45, 7) is 2.66. The summed E-state index contributed by atoms with van der Waals surface area (Å²) >= 11 is 0. The topological polar surface area (TPSA) is 59.0 Å². The molecule has 24 heavy (non-hydrogen) atoms. The summed E-state index contributed by atoms with van der Waals surface area (Å²) in [5.41, 5.74) is 2.74. The lowest BCUT2D eigenvalue weighted by Gasteiger charge is -2.15. The molecule has 5 heteroatoms. The highest BCUT2D eigenvalue weighted by molar-refractivity contribution is 5.91. The Balaban J connectivity index is 1.62. The molecule has 0 saturated heterocycles. The molecule has 0 radical (unpaired) electrons. The zero-order valence-electron chi connectivity index (χ0n) is 13.5. The van der Waals surface area contributed by atoms with Crippen LogP contribution in [0.1, 0.15) is 18.4 Å². The molecule has 0 bridgehead atoms. The summed E-state index contributed by atoms with van der Waals surface area (Å²) in [5.74, 6) is 0.248. The third-order valence-corrected chi connectivity index (χ3v) is 3.84. The van der Waals surface area contributed by atoms with Crippen molar-refractivity contribution in [1.82, 2.24) is 15.1 Å². The lowest BCUT2D eigenvalue weighted by Crippen LogP contribution is -2.32. The summed E-state index contributed by atoms with van der Waals surface area (Å²) < 4.78 is 1.72. The molecule has 2 amide bonds. The Hall–Kier alpha value is -3.08. The fourth-order valence-electron chi connectivity index (χ4n) is 2.50. The molecule has 0 aliphatic rings. The van der Waals surface area contributed by atoms with Crippen LogP contribution in [0.2, 0.25) is 0 Å². The Labute approximate surface area is 141 Å². The number of carbonyl (C=O) groups excluding carboxylic acids is 1. The number of benzene rings is 2. The third-order valence-electron chi connectivity index (χ3n) is 3.84. The standard InChI is InChI=1S/C19H20N4O/c1-15(16-8-3-2-4-9-16)14-20-19(24)22-17-10-5-6-11-18(17)23-13-7-12-21-23/h2-13,15H,14H2,1H3,(H2,20,22,24). The number of para-hydroxylation sites is 2. The van der Waals surface area contributed by atoms with Gasteiger partial charge in [-0.15, -0.1) is 0 Å². The minimum absolute atomic E-state index is 0.225. The highest BCUT2D eigenvalue weighted by Gasteiger charge is 2.10. The summed E-state index contributed by atoms with van der Waals surface area (Å²) in [6.07, 6.45) is 3.55. The largest absolute Gasteiger partial charge is 0.337 e. The molecule has 0 aliphatic carbocycles. The van der Waals surface area contributed by atoms with E-state index in [1.54, 1.807) is 10.9 Å². The zero-order chi connectivity index (χ0) is 16.8. The van der Waals surface area contributed by atoms with Crippen molar-refractivity contribution >= 4 is 11.7 Å². The number of hydrogen-bond acceptors (Lipinski definition) is 2. The van der Waals surface area contributed by atoms with Crippen molar-refractivity contribution in [2.24, 2.45) is 0 Å². The van der Waals surface area contributed by atoms with Crippen LogP contribution in [0.15, 0.2) is 73.1 Å².